The highest BCUT2D eigenvalue weighted by Gasteiger charge is 2.46. The van der Waals surface area contributed by atoms with Crippen molar-refractivity contribution in [1.29, 1.82) is 0 Å². The zero-order valence-corrected chi connectivity index (χ0v) is 22.2. The van der Waals surface area contributed by atoms with Gasteiger partial charge in [-0.15, -0.1) is 0 Å². The van der Waals surface area contributed by atoms with Crippen LogP contribution in [0.1, 0.15) is 62.0 Å². The summed E-state index contributed by atoms with van der Waals surface area (Å²) in [6.07, 6.45) is 5.88. The Morgan fingerprint density at radius 2 is 1.89 bits per heavy atom. The molecule has 37 heavy (non-hydrogen) atoms. The van der Waals surface area contributed by atoms with Crippen molar-refractivity contribution >= 4 is 34.4 Å². The first kappa shape index (κ1) is 22.5. The van der Waals surface area contributed by atoms with Crippen molar-refractivity contribution in [2.45, 2.75) is 82.5 Å². The summed E-state index contributed by atoms with van der Waals surface area (Å²) in [7, 11) is 0. The molecule has 6 heterocycles. The molecule has 2 bridgehead atoms. The maximum Gasteiger partial charge on any atom is 0.410 e. The van der Waals surface area contributed by atoms with Crippen LogP contribution in [0, 0.1) is 5.82 Å². The predicted molar refractivity (Wildman–Crippen MR) is 138 cm³/mol. The van der Waals surface area contributed by atoms with Gasteiger partial charge in [-0.2, -0.15) is 9.97 Å². The fourth-order valence-corrected chi connectivity index (χ4v) is 6.53. The molecule has 11 heteroatoms. The van der Waals surface area contributed by atoms with Gasteiger partial charge in [0, 0.05) is 19.3 Å². The molecule has 2 aromatic heterocycles. The average Bonchev–Trinajstić information content (AvgIpc) is 3.52. The zero-order chi connectivity index (χ0) is 27.7. The van der Waals surface area contributed by atoms with Crippen molar-refractivity contribution in [3.8, 4) is 6.01 Å². The Kier molecular flexibility index (Phi) is 5.53. The van der Waals surface area contributed by atoms with Gasteiger partial charge in [0.05, 0.1) is 25.8 Å². The molecular formula is C26H34ClFN6O3. The number of piperazine rings is 1. The highest BCUT2D eigenvalue weighted by atomic mass is 35.5. The molecular weight excluding hydrogens is 499 g/mol. The molecule has 0 aromatic carbocycles. The quantitative estimate of drug-likeness (QED) is 0.533. The summed E-state index contributed by atoms with van der Waals surface area (Å²) in [6.45, 7) is 6.02. The van der Waals surface area contributed by atoms with Crippen molar-refractivity contribution in [1.82, 2.24) is 24.8 Å². The summed E-state index contributed by atoms with van der Waals surface area (Å²) in [4.78, 5) is 31.8. The van der Waals surface area contributed by atoms with Gasteiger partial charge in [0.25, 0.3) is 0 Å². The number of fused-ring (bicyclic) bond motifs is 4. The van der Waals surface area contributed by atoms with E-state index in [2.05, 4.69) is 19.9 Å². The molecule has 2 atom stereocenters. The molecule has 4 saturated heterocycles. The van der Waals surface area contributed by atoms with Gasteiger partial charge in [0.2, 0.25) is 0 Å². The molecule has 2 unspecified atom stereocenters. The third-order valence-electron chi connectivity index (χ3n) is 7.96. The number of carbonyl (C=O) groups excluding carboxylic acids is 1. The van der Waals surface area contributed by atoms with E-state index in [0.29, 0.717) is 37.1 Å². The summed E-state index contributed by atoms with van der Waals surface area (Å²) in [5, 5.41) is 0.0312. The van der Waals surface area contributed by atoms with Gasteiger partial charge in [-0.3, -0.25) is 9.80 Å². The average molecular weight is 535 g/mol. The first-order valence-corrected chi connectivity index (χ1v) is 13.5. The van der Waals surface area contributed by atoms with Crippen molar-refractivity contribution in [3.05, 3.63) is 17.2 Å². The zero-order valence-electron chi connectivity index (χ0n) is 23.5. The monoisotopic (exact) mass is 534 g/mol. The Bertz CT molecular complexity index is 1290. The number of anilines is 1. The van der Waals surface area contributed by atoms with Gasteiger partial charge in [0.1, 0.15) is 23.5 Å². The Hall–Kier alpha value is -2.46. The lowest BCUT2D eigenvalue weighted by Crippen LogP contribution is -2.57. The van der Waals surface area contributed by atoms with Gasteiger partial charge in [-0.25, -0.2) is 14.2 Å². The second-order valence-electron chi connectivity index (χ2n) is 11.6. The van der Waals surface area contributed by atoms with Gasteiger partial charge < -0.3 is 14.4 Å². The third kappa shape index (κ3) is 4.46. The molecule has 200 valence electrons. The van der Waals surface area contributed by atoms with Gasteiger partial charge in [-0.1, -0.05) is 11.6 Å². The lowest BCUT2D eigenvalue weighted by molar-refractivity contribution is 0.0122. The standard InChI is InChI=1S/C26H34ClFN6O3/c1-25(2,3)37-24(35)34-16-6-7-17(34)14-32(13-16)22-18-12-29-21(27)19(28)20(18)30-23(31-22)36-15-26-8-4-10-33(26)11-5-9-26/h12,16-17H,4-11,13-15H2,1-3H3/i15D2. The van der Waals surface area contributed by atoms with E-state index in [0.717, 1.165) is 38.8 Å². The van der Waals surface area contributed by atoms with E-state index in [1.807, 2.05) is 30.6 Å². The second-order valence-corrected chi connectivity index (χ2v) is 11.9. The Labute approximate surface area is 224 Å². The lowest BCUT2D eigenvalue weighted by Gasteiger charge is -2.42. The van der Waals surface area contributed by atoms with E-state index in [4.69, 9.17) is 23.8 Å². The lowest BCUT2D eigenvalue weighted by atomic mass is 9.95. The van der Waals surface area contributed by atoms with Gasteiger partial charge in [-0.05, 0) is 72.4 Å². The molecule has 1 amide bonds. The number of rotatable bonds is 4. The highest BCUT2D eigenvalue weighted by molar-refractivity contribution is 6.30. The van der Waals surface area contributed by atoms with E-state index in [-0.39, 0.29) is 34.9 Å². The first-order chi connectivity index (χ1) is 18.4. The maximum absolute atomic E-state index is 15.2. The molecule has 0 N–H and O–H groups in total. The van der Waals surface area contributed by atoms with Gasteiger partial charge in [0.15, 0.2) is 11.0 Å². The third-order valence-corrected chi connectivity index (χ3v) is 8.22. The van der Waals surface area contributed by atoms with Crippen molar-refractivity contribution in [2.75, 3.05) is 37.6 Å². The maximum atomic E-state index is 15.2. The van der Waals surface area contributed by atoms with E-state index in [1.54, 1.807) is 0 Å². The van der Waals surface area contributed by atoms with Crippen molar-refractivity contribution < 1.29 is 21.4 Å². The van der Waals surface area contributed by atoms with Crippen LogP contribution >= 0.6 is 11.6 Å². The molecule has 9 nitrogen and oxygen atoms in total. The largest absolute Gasteiger partial charge is 0.461 e. The van der Waals surface area contributed by atoms with Crippen LogP contribution in [0.15, 0.2) is 6.20 Å². The summed E-state index contributed by atoms with van der Waals surface area (Å²) >= 11 is 6.01. The molecule has 2 aromatic rings. The van der Waals surface area contributed by atoms with Crippen LogP contribution in [0.4, 0.5) is 15.0 Å². The van der Waals surface area contributed by atoms with Crippen LogP contribution in [0.5, 0.6) is 6.01 Å². The number of hydrogen-bond donors (Lipinski definition) is 0. The number of aromatic nitrogens is 3. The summed E-state index contributed by atoms with van der Waals surface area (Å²) < 4.78 is 44.7. The number of amides is 1. The Morgan fingerprint density at radius 3 is 2.54 bits per heavy atom. The van der Waals surface area contributed by atoms with Crippen molar-refractivity contribution in [3.63, 3.8) is 0 Å². The van der Waals surface area contributed by atoms with E-state index in [1.165, 1.54) is 6.20 Å². The topological polar surface area (TPSA) is 83.9 Å². The fourth-order valence-electron chi connectivity index (χ4n) is 6.39. The molecule has 6 rings (SSSR count). The van der Waals surface area contributed by atoms with E-state index < -0.39 is 23.5 Å². The Balaban J connectivity index is 1.35. The minimum atomic E-state index is -2.08. The minimum Gasteiger partial charge on any atom is -0.461 e. The SMILES string of the molecule is [2H]C([2H])(Oc1nc(N2CC3CCC(C2)N3C(=O)OC(C)(C)C)c2cnc(Cl)c(F)c2n1)C12CCCN1CCC2. The van der Waals surface area contributed by atoms with Crippen LogP contribution < -0.4 is 9.64 Å². The number of nitrogens with zero attached hydrogens (tertiary/aromatic N) is 6. The molecule has 0 radical (unpaired) electrons. The number of hydrogen-bond acceptors (Lipinski definition) is 8. The first-order valence-electron chi connectivity index (χ1n) is 14.1. The second kappa shape index (κ2) is 9.08. The van der Waals surface area contributed by atoms with E-state index in [9.17, 15) is 4.79 Å². The molecule has 0 aliphatic carbocycles. The molecule has 0 spiro atoms. The van der Waals surface area contributed by atoms with Crippen LogP contribution in [0.3, 0.4) is 0 Å². The van der Waals surface area contributed by atoms with Crippen molar-refractivity contribution in [2.24, 2.45) is 0 Å². The van der Waals surface area contributed by atoms with Crippen LogP contribution in [0.25, 0.3) is 10.9 Å². The number of pyridine rings is 1. The highest BCUT2D eigenvalue weighted by Crippen LogP contribution is 2.40. The molecule has 4 aliphatic heterocycles. The molecule has 4 aliphatic rings. The molecule has 0 saturated carbocycles. The predicted octanol–water partition coefficient (Wildman–Crippen LogP) is 4.41. The molecule has 4 fully saturated rings. The van der Waals surface area contributed by atoms with Crippen LogP contribution in [-0.4, -0.2) is 86.8 Å². The van der Waals surface area contributed by atoms with E-state index >= 15 is 4.39 Å². The minimum absolute atomic E-state index is 0.0695. The normalized spacial score (nSPS) is 26.3. The summed E-state index contributed by atoms with van der Waals surface area (Å²) in [5.74, 6) is -0.415. The fraction of sp³-hybridized carbons (Fsp3) is 0.692. The number of halogens is 2. The summed E-state index contributed by atoms with van der Waals surface area (Å²) in [6, 6.07) is -0.443. The number of carbonyl (C=O) groups is 1. The Morgan fingerprint density at radius 1 is 1.22 bits per heavy atom. The smallest absolute Gasteiger partial charge is 0.410 e. The number of ether oxygens (including phenoxy) is 2. The van der Waals surface area contributed by atoms with Gasteiger partial charge >= 0.3 is 12.1 Å². The summed E-state index contributed by atoms with van der Waals surface area (Å²) in [5.41, 5.74) is -1.42. The van der Waals surface area contributed by atoms with Crippen LogP contribution in [-0.2, 0) is 4.74 Å². The van der Waals surface area contributed by atoms with Crippen LogP contribution in [0.2, 0.25) is 5.15 Å².